The monoisotopic (exact) mass is 649 g/mol. The Morgan fingerprint density at radius 2 is 1.80 bits per heavy atom. The molecule has 1 amide bonds. The van der Waals surface area contributed by atoms with E-state index < -0.39 is 41.5 Å². The van der Waals surface area contributed by atoms with Crippen molar-refractivity contribution in [2.45, 2.75) is 44.1 Å². The molecular weight excluding hydrogens is 613 g/mol. The van der Waals surface area contributed by atoms with Gasteiger partial charge >= 0.3 is 5.97 Å². The second-order valence-electron chi connectivity index (χ2n) is 10.7. The Hall–Kier alpha value is -4.78. The van der Waals surface area contributed by atoms with Gasteiger partial charge in [-0.15, -0.1) is 0 Å². The number of nitrogens with one attached hydrogen (secondary N) is 2. The van der Waals surface area contributed by atoms with Gasteiger partial charge in [-0.2, -0.15) is 11.3 Å². The van der Waals surface area contributed by atoms with Crippen molar-refractivity contribution in [1.29, 1.82) is 0 Å². The number of methoxy groups -OCH3 is 1. The molecule has 1 unspecified atom stereocenters. The van der Waals surface area contributed by atoms with Crippen LogP contribution in [0, 0.1) is 5.82 Å². The summed E-state index contributed by atoms with van der Waals surface area (Å²) < 4.78 is 25.6. The van der Waals surface area contributed by atoms with Gasteiger partial charge in [0.15, 0.2) is 5.78 Å². The van der Waals surface area contributed by atoms with Crippen molar-refractivity contribution in [1.82, 2.24) is 5.32 Å². The molecule has 0 aliphatic heterocycles. The standard InChI is InChI=1S/C34H36FN3O7S/c1-44-28-13-23(12-27(17-28)38-34(43,33(41)42)18-31(39)24-9-11-46-21-24)19-37-10-5-8-30(32(36)40)25-14-26(35)16-29(15-25)45-20-22-6-3-2-4-7-22/h2-4,6-7,9,11-17,21,30,37-38,43H,5,8,10,18-20H2,1H3,(H2,36,40)(H,41,42)/t30?,34-/m0/s1. The quantitative estimate of drug-likeness (QED) is 0.0563. The SMILES string of the molecule is COc1cc(CNCCCC(C(N)=O)c2cc(F)cc(OCc3ccccc3)c2)cc(N[C@](O)(CC(=O)c2ccsc2)C(=O)O)c1. The molecule has 0 fully saturated rings. The van der Waals surface area contributed by atoms with Crippen molar-refractivity contribution < 1.29 is 38.5 Å². The zero-order valence-corrected chi connectivity index (χ0v) is 26.0. The molecule has 2 atom stereocenters. The van der Waals surface area contributed by atoms with E-state index in [-0.39, 0.29) is 12.3 Å². The first-order valence-corrected chi connectivity index (χ1v) is 15.4. The smallest absolute Gasteiger partial charge is 0.357 e. The van der Waals surface area contributed by atoms with Gasteiger partial charge in [0.25, 0.3) is 0 Å². The van der Waals surface area contributed by atoms with E-state index in [1.165, 1.54) is 36.6 Å². The van der Waals surface area contributed by atoms with Gasteiger partial charge < -0.3 is 36.1 Å². The van der Waals surface area contributed by atoms with Gasteiger partial charge in [0.05, 0.1) is 19.4 Å². The number of halogens is 1. The molecule has 3 aromatic carbocycles. The number of carbonyl (C=O) groups excluding carboxylic acids is 2. The van der Waals surface area contributed by atoms with E-state index >= 15 is 0 Å². The molecule has 0 aliphatic carbocycles. The van der Waals surface area contributed by atoms with E-state index in [1.807, 2.05) is 30.3 Å². The number of hydrogen-bond donors (Lipinski definition) is 5. The predicted octanol–water partition coefficient (Wildman–Crippen LogP) is 5.07. The second-order valence-corrected chi connectivity index (χ2v) is 11.5. The summed E-state index contributed by atoms with van der Waals surface area (Å²) in [5.74, 6) is -3.25. The van der Waals surface area contributed by atoms with Crippen LogP contribution < -0.4 is 25.8 Å². The number of ketones is 1. The Kier molecular flexibility index (Phi) is 11.8. The first-order chi connectivity index (χ1) is 22.1. The number of carboxylic acids is 1. The number of amides is 1. The molecule has 6 N–H and O–H groups in total. The number of nitrogens with two attached hydrogens (primary N) is 1. The fourth-order valence-electron chi connectivity index (χ4n) is 4.87. The van der Waals surface area contributed by atoms with Crippen molar-refractivity contribution in [2.24, 2.45) is 5.73 Å². The maximum absolute atomic E-state index is 14.5. The van der Waals surface area contributed by atoms with Crippen molar-refractivity contribution >= 4 is 34.7 Å². The van der Waals surface area contributed by atoms with Crippen LogP contribution in [0.25, 0.3) is 0 Å². The van der Waals surface area contributed by atoms with E-state index in [4.69, 9.17) is 15.2 Å². The summed E-state index contributed by atoms with van der Waals surface area (Å²) in [7, 11) is 1.45. The van der Waals surface area contributed by atoms with Gasteiger partial charge in [-0.05, 0) is 71.8 Å². The van der Waals surface area contributed by atoms with Crippen LogP contribution in [0.2, 0.25) is 0 Å². The molecular formula is C34H36FN3O7S. The molecule has 0 aliphatic rings. The average molecular weight is 650 g/mol. The van der Waals surface area contributed by atoms with Crippen LogP contribution in [-0.2, 0) is 22.7 Å². The fraction of sp³-hybridized carbons (Fsp3) is 0.265. The molecule has 10 nitrogen and oxygen atoms in total. The van der Waals surface area contributed by atoms with Gasteiger partial charge in [0.1, 0.15) is 23.9 Å². The highest BCUT2D eigenvalue weighted by atomic mass is 32.1. The molecule has 4 rings (SSSR count). The maximum Gasteiger partial charge on any atom is 0.357 e. The lowest BCUT2D eigenvalue weighted by molar-refractivity contribution is -0.155. The summed E-state index contributed by atoms with van der Waals surface area (Å²) in [5, 5.41) is 29.7. The Morgan fingerprint density at radius 3 is 2.48 bits per heavy atom. The number of benzene rings is 3. The lowest BCUT2D eigenvalue weighted by atomic mass is 9.93. The van der Waals surface area contributed by atoms with E-state index in [0.717, 1.165) is 5.56 Å². The fourth-order valence-corrected chi connectivity index (χ4v) is 5.53. The molecule has 1 aromatic heterocycles. The predicted molar refractivity (Wildman–Crippen MR) is 173 cm³/mol. The Labute approximate surface area is 270 Å². The Morgan fingerprint density at radius 1 is 1.02 bits per heavy atom. The third kappa shape index (κ3) is 9.61. The zero-order valence-electron chi connectivity index (χ0n) is 25.2. The number of Topliss-reactive ketones (excluding diaryl/α,β-unsaturated/α-hetero) is 1. The summed E-state index contributed by atoms with van der Waals surface area (Å²) in [5.41, 5.74) is 5.75. The third-order valence-electron chi connectivity index (χ3n) is 7.23. The molecule has 4 aromatic rings. The topological polar surface area (TPSA) is 160 Å². The van der Waals surface area contributed by atoms with Crippen LogP contribution in [0.1, 0.15) is 52.2 Å². The van der Waals surface area contributed by atoms with Gasteiger partial charge in [-0.25, -0.2) is 9.18 Å². The van der Waals surface area contributed by atoms with Crippen molar-refractivity contribution in [2.75, 3.05) is 19.0 Å². The number of aliphatic carboxylic acids is 1. The number of carbonyl (C=O) groups is 3. The van der Waals surface area contributed by atoms with Gasteiger partial charge in [0.2, 0.25) is 11.6 Å². The van der Waals surface area contributed by atoms with Crippen LogP contribution in [0.3, 0.4) is 0 Å². The highest BCUT2D eigenvalue weighted by molar-refractivity contribution is 7.08. The number of aliphatic hydroxyl groups is 1. The molecule has 0 saturated heterocycles. The van der Waals surface area contributed by atoms with Gasteiger partial charge in [-0.3, -0.25) is 9.59 Å². The second kappa shape index (κ2) is 16.0. The molecule has 242 valence electrons. The molecule has 0 radical (unpaired) electrons. The Balaban J connectivity index is 1.35. The summed E-state index contributed by atoms with van der Waals surface area (Å²) in [4.78, 5) is 36.9. The number of ether oxygens (including phenoxy) is 2. The third-order valence-corrected chi connectivity index (χ3v) is 7.91. The highest BCUT2D eigenvalue weighted by Gasteiger charge is 2.39. The minimum Gasteiger partial charge on any atom is -0.497 e. The summed E-state index contributed by atoms with van der Waals surface area (Å²) in [6.45, 7) is 1.06. The first kappa shape index (κ1) is 34.1. The number of rotatable bonds is 18. The summed E-state index contributed by atoms with van der Waals surface area (Å²) in [6, 6.07) is 20.1. The molecule has 12 heteroatoms. The zero-order chi connectivity index (χ0) is 33.1. The van der Waals surface area contributed by atoms with Crippen molar-refractivity contribution in [3.05, 3.63) is 112 Å². The lowest BCUT2D eigenvalue weighted by Gasteiger charge is -2.25. The van der Waals surface area contributed by atoms with Crippen LogP contribution in [0.4, 0.5) is 10.1 Å². The number of anilines is 1. The van der Waals surface area contributed by atoms with Gasteiger partial charge in [0, 0.05) is 35.3 Å². The summed E-state index contributed by atoms with van der Waals surface area (Å²) >= 11 is 1.29. The van der Waals surface area contributed by atoms with Crippen molar-refractivity contribution in [3.63, 3.8) is 0 Å². The van der Waals surface area contributed by atoms with E-state index in [1.54, 1.807) is 35.0 Å². The molecule has 1 heterocycles. The van der Waals surface area contributed by atoms with E-state index in [2.05, 4.69) is 10.6 Å². The van der Waals surface area contributed by atoms with Crippen LogP contribution in [-0.4, -0.2) is 47.3 Å². The minimum atomic E-state index is -2.55. The first-order valence-electron chi connectivity index (χ1n) is 14.5. The number of hydrogen-bond acceptors (Lipinski definition) is 9. The molecule has 46 heavy (non-hydrogen) atoms. The van der Waals surface area contributed by atoms with Crippen LogP contribution >= 0.6 is 11.3 Å². The van der Waals surface area contributed by atoms with E-state index in [9.17, 15) is 29.0 Å². The van der Waals surface area contributed by atoms with Crippen molar-refractivity contribution in [3.8, 4) is 11.5 Å². The average Bonchev–Trinajstić information content (AvgIpc) is 3.57. The van der Waals surface area contributed by atoms with E-state index in [0.29, 0.717) is 54.1 Å². The normalized spacial score (nSPS) is 12.9. The summed E-state index contributed by atoms with van der Waals surface area (Å²) in [6.07, 6.45) is 0.207. The lowest BCUT2D eigenvalue weighted by Crippen LogP contribution is -2.48. The van der Waals surface area contributed by atoms with Gasteiger partial charge in [-0.1, -0.05) is 30.3 Å². The number of carboxylic acid groups (broad SMARTS) is 1. The highest BCUT2D eigenvalue weighted by Crippen LogP contribution is 2.28. The molecule has 0 bridgehead atoms. The Bertz CT molecular complexity index is 1640. The van der Waals surface area contributed by atoms with Crippen LogP contribution in [0.15, 0.2) is 83.6 Å². The number of thiophene rings is 1. The molecule has 0 saturated carbocycles. The largest absolute Gasteiger partial charge is 0.497 e. The number of primary amides is 1. The minimum absolute atomic E-state index is 0.240. The van der Waals surface area contributed by atoms with Crippen LogP contribution in [0.5, 0.6) is 11.5 Å². The maximum atomic E-state index is 14.5. The molecule has 0 spiro atoms.